The van der Waals surface area contributed by atoms with Gasteiger partial charge in [0.05, 0.1) is 19.3 Å². The average Bonchev–Trinajstić information content (AvgIpc) is 3.29. The van der Waals surface area contributed by atoms with Gasteiger partial charge in [0.25, 0.3) is 5.91 Å². The molecule has 0 heterocycles. The molecule has 3 rings (SSSR count). The van der Waals surface area contributed by atoms with E-state index >= 15 is 0 Å². The van der Waals surface area contributed by atoms with Crippen LogP contribution in [0.2, 0.25) is 0 Å². The molecule has 0 aromatic heterocycles. The maximum atomic E-state index is 12.8. The Balaban J connectivity index is 1.71. The van der Waals surface area contributed by atoms with Crippen molar-refractivity contribution in [2.24, 2.45) is 11.8 Å². The molecule has 2 N–H and O–H groups in total. The van der Waals surface area contributed by atoms with Gasteiger partial charge in [0.1, 0.15) is 5.75 Å². The van der Waals surface area contributed by atoms with Crippen molar-refractivity contribution in [2.45, 2.75) is 31.7 Å². The van der Waals surface area contributed by atoms with Crippen LogP contribution in [0.3, 0.4) is 0 Å². The third-order valence-corrected chi connectivity index (χ3v) is 5.75. The number of rotatable bonds is 7. The Morgan fingerprint density at radius 3 is 2.78 bits per heavy atom. The number of ether oxygens (including phenoxy) is 1. The van der Waals surface area contributed by atoms with E-state index in [9.17, 15) is 9.59 Å². The van der Waals surface area contributed by atoms with Gasteiger partial charge in [0.15, 0.2) is 0 Å². The smallest absolute Gasteiger partial charge is 0.255 e. The number of nitrogens with zero attached hydrogens (tertiary/aromatic N) is 1. The Morgan fingerprint density at radius 2 is 2.15 bits per heavy atom. The third kappa shape index (κ3) is 4.50. The van der Waals surface area contributed by atoms with E-state index in [2.05, 4.69) is 5.32 Å². The molecular formula is C21H28N2O4. The van der Waals surface area contributed by atoms with Gasteiger partial charge < -0.3 is 20.1 Å². The van der Waals surface area contributed by atoms with Crippen LogP contribution in [0.5, 0.6) is 5.75 Å². The summed E-state index contributed by atoms with van der Waals surface area (Å²) in [6, 6.07) is 5.56. The lowest BCUT2D eigenvalue weighted by Gasteiger charge is -2.23. The van der Waals surface area contributed by atoms with Crippen LogP contribution in [0, 0.1) is 11.8 Å². The van der Waals surface area contributed by atoms with Crippen LogP contribution < -0.4 is 10.1 Å². The van der Waals surface area contributed by atoms with E-state index < -0.39 is 0 Å². The van der Waals surface area contributed by atoms with E-state index in [0.717, 1.165) is 17.9 Å². The quantitative estimate of drug-likeness (QED) is 0.719. The van der Waals surface area contributed by atoms with Crippen LogP contribution in [0.1, 0.15) is 41.6 Å². The zero-order chi connectivity index (χ0) is 19.4. The Labute approximate surface area is 160 Å². The maximum absolute atomic E-state index is 12.8. The van der Waals surface area contributed by atoms with E-state index in [1.165, 1.54) is 30.2 Å². The number of carbonyl (C=O) groups is 2. The first-order chi connectivity index (χ1) is 13.0. The summed E-state index contributed by atoms with van der Waals surface area (Å²) in [5.41, 5.74) is 1.23. The van der Waals surface area contributed by atoms with Crippen molar-refractivity contribution in [1.82, 2.24) is 10.2 Å². The molecule has 0 saturated heterocycles. The number of amides is 2. The molecule has 3 unspecified atom stereocenters. The summed E-state index contributed by atoms with van der Waals surface area (Å²) in [6.07, 6.45) is 7.91. The highest BCUT2D eigenvalue weighted by Gasteiger charge is 2.40. The number of hydrogen-bond donors (Lipinski definition) is 2. The number of aliphatic hydroxyl groups excluding tert-OH is 1. The van der Waals surface area contributed by atoms with Crippen LogP contribution in [0.15, 0.2) is 24.3 Å². The number of aliphatic hydroxyl groups is 1. The molecular weight excluding hydrogens is 344 g/mol. The molecule has 2 fully saturated rings. The highest BCUT2D eigenvalue weighted by molar-refractivity contribution is 5.98. The van der Waals surface area contributed by atoms with E-state index in [0.29, 0.717) is 17.2 Å². The number of benzene rings is 1. The molecule has 0 spiro atoms. The van der Waals surface area contributed by atoms with Gasteiger partial charge in [-0.3, -0.25) is 9.59 Å². The molecule has 1 aromatic rings. The van der Waals surface area contributed by atoms with Crippen molar-refractivity contribution < 1.29 is 19.4 Å². The second-order valence-corrected chi connectivity index (χ2v) is 7.53. The SMILES string of the molecule is COc1ccc(/C=C/C(=O)N(C)CCO)cc1C(=O)NC1CC2CCC1C2. The van der Waals surface area contributed by atoms with E-state index in [-0.39, 0.29) is 31.0 Å². The molecule has 146 valence electrons. The van der Waals surface area contributed by atoms with Gasteiger partial charge >= 0.3 is 0 Å². The molecule has 3 atom stereocenters. The van der Waals surface area contributed by atoms with E-state index in [4.69, 9.17) is 9.84 Å². The summed E-state index contributed by atoms with van der Waals surface area (Å²) in [5, 5.41) is 12.1. The van der Waals surface area contributed by atoms with Crippen LogP contribution >= 0.6 is 0 Å². The van der Waals surface area contributed by atoms with Crippen LogP contribution in [0.25, 0.3) is 6.08 Å². The zero-order valence-electron chi connectivity index (χ0n) is 16.0. The summed E-state index contributed by atoms with van der Waals surface area (Å²) in [7, 11) is 3.18. The van der Waals surface area contributed by atoms with Crippen molar-refractivity contribution in [3.63, 3.8) is 0 Å². The highest BCUT2D eigenvalue weighted by atomic mass is 16.5. The molecule has 1 aromatic carbocycles. The number of methoxy groups -OCH3 is 1. The molecule has 2 saturated carbocycles. The zero-order valence-corrected chi connectivity index (χ0v) is 16.0. The number of fused-ring (bicyclic) bond motifs is 2. The minimum absolute atomic E-state index is 0.0774. The normalized spacial score (nSPS) is 23.6. The lowest BCUT2D eigenvalue weighted by Crippen LogP contribution is -2.38. The number of likely N-dealkylation sites (N-methyl/N-ethyl adjacent to an activating group) is 1. The molecule has 2 bridgehead atoms. The van der Waals surface area contributed by atoms with E-state index in [1.807, 2.05) is 6.07 Å². The fourth-order valence-electron chi connectivity index (χ4n) is 4.23. The van der Waals surface area contributed by atoms with Gasteiger partial charge in [0, 0.05) is 25.7 Å². The van der Waals surface area contributed by atoms with Gasteiger partial charge in [-0.05, 0) is 54.9 Å². The van der Waals surface area contributed by atoms with Crippen LogP contribution in [-0.4, -0.2) is 55.2 Å². The lowest BCUT2D eigenvalue weighted by molar-refractivity contribution is -0.125. The lowest BCUT2D eigenvalue weighted by atomic mass is 9.95. The Hall–Kier alpha value is -2.34. The predicted octanol–water partition coefficient (Wildman–Crippen LogP) is 2.08. The van der Waals surface area contributed by atoms with Crippen molar-refractivity contribution in [1.29, 1.82) is 0 Å². The predicted molar refractivity (Wildman–Crippen MR) is 103 cm³/mol. The van der Waals surface area contributed by atoms with Crippen molar-refractivity contribution in [2.75, 3.05) is 27.3 Å². The standard InChI is InChI=1S/C21H28N2O4/c1-23(9-10-24)20(25)8-5-14-4-7-19(27-2)17(12-14)21(26)22-18-13-15-3-6-16(18)11-15/h4-5,7-8,12,15-16,18,24H,3,6,9-11,13H2,1-2H3,(H,22,26)/b8-5+. The second-order valence-electron chi connectivity index (χ2n) is 7.53. The fourth-order valence-corrected chi connectivity index (χ4v) is 4.23. The Kier molecular flexibility index (Phi) is 6.16. The van der Waals surface area contributed by atoms with E-state index in [1.54, 1.807) is 32.4 Å². The van der Waals surface area contributed by atoms with Crippen LogP contribution in [0.4, 0.5) is 0 Å². The van der Waals surface area contributed by atoms with Crippen LogP contribution in [-0.2, 0) is 4.79 Å². The highest BCUT2D eigenvalue weighted by Crippen LogP contribution is 2.44. The first kappa shape index (κ1) is 19.4. The summed E-state index contributed by atoms with van der Waals surface area (Å²) in [4.78, 5) is 26.2. The number of nitrogens with one attached hydrogen (secondary N) is 1. The van der Waals surface area contributed by atoms with Gasteiger partial charge in [-0.25, -0.2) is 0 Å². The minimum Gasteiger partial charge on any atom is -0.496 e. The molecule has 2 aliphatic carbocycles. The minimum atomic E-state index is -0.201. The van der Waals surface area contributed by atoms with Crippen molar-refractivity contribution >= 4 is 17.9 Å². The molecule has 6 nitrogen and oxygen atoms in total. The maximum Gasteiger partial charge on any atom is 0.255 e. The summed E-state index contributed by atoms with van der Waals surface area (Å²) in [5.74, 6) is 1.57. The summed E-state index contributed by atoms with van der Waals surface area (Å²) < 4.78 is 5.36. The van der Waals surface area contributed by atoms with Gasteiger partial charge in [-0.15, -0.1) is 0 Å². The molecule has 6 heteroatoms. The summed E-state index contributed by atoms with van der Waals surface area (Å²) >= 11 is 0. The number of carbonyl (C=O) groups excluding carboxylic acids is 2. The van der Waals surface area contributed by atoms with Gasteiger partial charge in [0.2, 0.25) is 5.91 Å². The monoisotopic (exact) mass is 372 g/mol. The van der Waals surface area contributed by atoms with Gasteiger partial charge in [-0.1, -0.05) is 12.5 Å². The molecule has 0 aliphatic heterocycles. The second kappa shape index (κ2) is 8.57. The molecule has 0 radical (unpaired) electrons. The third-order valence-electron chi connectivity index (χ3n) is 5.75. The largest absolute Gasteiger partial charge is 0.496 e. The van der Waals surface area contributed by atoms with Crippen molar-refractivity contribution in [3.05, 3.63) is 35.4 Å². The topological polar surface area (TPSA) is 78.9 Å². The van der Waals surface area contributed by atoms with Gasteiger partial charge in [-0.2, -0.15) is 0 Å². The van der Waals surface area contributed by atoms with Crippen molar-refractivity contribution in [3.8, 4) is 5.75 Å². The first-order valence-electron chi connectivity index (χ1n) is 9.54. The Morgan fingerprint density at radius 1 is 1.33 bits per heavy atom. The first-order valence-corrected chi connectivity index (χ1v) is 9.54. The average molecular weight is 372 g/mol. The molecule has 27 heavy (non-hydrogen) atoms. The molecule has 2 aliphatic rings. The fraction of sp³-hybridized carbons (Fsp3) is 0.524. The summed E-state index contributed by atoms with van der Waals surface area (Å²) in [6.45, 7) is 0.203. The number of hydrogen-bond acceptors (Lipinski definition) is 4. The Bertz CT molecular complexity index is 731. The molecule has 2 amide bonds.